The molecule has 0 heterocycles. The van der Waals surface area contributed by atoms with E-state index in [0.717, 1.165) is 0 Å². The molecular formula is C7H12S2. The minimum absolute atomic E-state index is 1.27. The van der Waals surface area contributed by atoms with Gasteiger partial charge in [-0.05, 0) is 25.0 Å². The van der Waals surface area contributed by atoms with E-state index in [1.54, 1.807) is 23.5 Å². The van der Waals surface area contributed by atoms with Gasteiger partial charge in [0.05, 0.1) is 0 Å². The molecule has 0 amide bonds. The highest BCUT2D eigenvalue weighted by Crippen LogP contribution is 2.27. The Labute approximate surface area is 65.8 Å². The molecule has 0 aromatic carbocycles. The highest BCUT2D eigenvalue weighted by molar-refractivity contribution is 8.21. The summed E-state index contributed by atoms with van der Waals surface area (Å²) in [4.78, 5) is 0. The number of thioether (sulfide) groups is 2. The summed E-state index contributed by atoms with van der Waals surface area (Å²) in [5, 5.41) is 0. The van der Waals surface area contributed by atoms with Crippen LogP contribution in [0.15, 0.2) is 22.5 Å². The Morgan fingerprint density at radius 1 is 1.33 bits per heavy atom. The first-order valence-electron chi connectivity index (χ1n) is 2.67. The van der Waals surface area contributed by atoms with E-state index < -0.39 is 0 Å². The summed E-state index contributed by atoms with van der Waals surface area (Å²) < 4.78 is 1.35. The molecule has 0 radical (unpaired) electrons. The van der Waals surface area contributed by atoms with E-state index in [-0.39, 0.29) is 0 Å². The van der Waals surface area contributed by atoms with Crippen molar-refractivity contribution in [2.45, 2.75) is 6.92 Å². The maximum absolute atomic E-state index is 3.69. The van der Waals surface area contributed by atoms with Crippen molar-refractivity contribution >= 4 is 23.5 Å². The van der Waals surface area contributed by atoms with Crippen molar-refractivity contribution in [3.05, 3.63) is 22.5 Å². The molecule has 0 spiro atoms. The Kier molecular flexibility index (Phi) is 5.10. The fourth-order valence-corrected chi connectivity index (χ4v) is 1.97. The Morgan fingerprint density at radius 3 is 1.89 bits per heavy atom. The Morgan fingerprint density at radius 2 is 1.78 bits per heavy atom. The van der Waals surface area contributed by atoms with E-state index in [0.29, 0.717) is 0 Å². The number of rotatable bonds is 3. The molecule has 0 fully saturated rings. The fraction of sp³-hybridized carbons (Fsp3) is 0.429. The SMILES string of the molecule is C=CC(C)=C(SC)SC. The molecule has 9 heavy (non-hydrogen) atoms. The lowest BCUT2D eigenvalue weighted by atomic mass is 10.4. The average molecular weight is 160 g/mol. The number of allylic oxidation sites excluding steroid dienone is 2. The maximum Gasteiger partial charge on any atom is 0.0424 e. The number of hydrogen-bond donors (Lipinski definition) is 0. The molecule has 0 unspecified atom stereocenters. The van der Waals surface area contributed by atoms with Crippen LogP contribution in [0.25, 0.3) is 0 Å². The van der Waals surface area contributed by atoms with Crippen molar-refractivity contribution in [3.63, 3.8) is 0 Å². The van der Waals surface area contributed by atoms with E-state index in [2.05, 4.69) is 26.0 Å². The molecule has 0 saturated carbocycles. The Hall–Kier alpha value is 0.180. The summed E-state index contributed by atoms with van der Waals surface area (Å²) in [5.41, 5.74) is 1.27. The van der Waals surface area contributed by atoms with Gasteiger partial charge in [0, 0.05) is 4.24 Å². The van der Waals surface area contributed by atoms with Crippen molar-refractivity contribution < 1.29 is 0 Å². The highest BCUT2D eigenvalue weighted by Gasteiger charge is 1.93. The van der Waals surface area contributed by atoms with Gasteiger partial charge >= 0.3 is 0 Å². The molecule has 0 nitrogen and oxygen atoms in total. The molecule has 0 aliphatic heterocycles. The first-order valence-corrected chi connectivity index (χ1v) is 5.12. The monoisotopic (exact) mass is 160 g/mol. The molecule has 2 heteroatoms. The lowest BCUT2D eigenvalue weighted by Gasteiger charge is -2.00. The van der Waals surface area contributed by atoms with Gasteiger partial charge in [-0.1, -0.05) is 12.7 Å². The van der Waals surface area contributed by atoms with Crippen molar-refractivity contribution in [1.29, 1.82) is 0 Å². The minimum Gasteiger partial charge on any atom is -0.122 e. The van der Waals surface area contributed by atoms with Crippen LogP contribution in [0.4, 0.5) is 0 Å². The predicted octanol–water partition coefficient (Wildman–Crippen LogP) is 3.13. The quantitative estimate of drug-likeness (QED) is 0.582. The van der Waals surface area contributed by atoms with Crippen LogP contribution in [0.3, 0.4) is 0 Å². The zero-order valence-corrected chi connectivity index (χ0v) is 7.73. The third kappa shape index (κ3) is 3.01. The fourth-order valence-electron chi connectivity index (χ4n) is 0.489. The second-order valence-electron chi connectivity index (χ2n) is 1.58. The molecule has 0 aliphatic rings. The minimum atomic E-state index is 1.27. The highest BCUT2D eigenvalue weighted by atomic mass is 32.2. The maximum atomic E-state index is 3.69. The zero-order chi connectivity index (χ0) is 7.28. The predicted molar refractivity (Wildman–Crippen MR) is 49.9 cm³/mol. The molecule has 0 bridgehead atoms. The van der Waals surface area contributed by atoms with Crippen LogP contribution in [0, 0.1) is 0 Å². The van der Waals surface area contributed by atoms with Gasteiger partial charge in [-0.2, -0.15) is 0 Å². The van der Waals surface area contributed by atoms with E-state index in [1.807, 2.05) is 6.08 Å². The first kappa shape index (κ1) is 9.18. The van der Waals surface area contributed by atoms with Gasteiger partial charge < -0.3 is 0 Å². The van der Waals surface area contributed by atoms with Crippen molar-refractivity contribution in [3.8, 4) is 0 Å². The number of hydrogen-bond acceptors (Lipinski definition) is 2. The van der Waals surface area contributed by atoms with E-state index in [4.69, 9.17) is 0 Å². The molecule has 0 saturated heterocycles. The second-order valence-corrected chi connectivity index (χ2v) is 3.47. The normalized spacial score (nSPS) is 8.78. The summed E-state index contributed by atoms with van der Waals surface area (Å²) >= 11 is 3.55. The summed E-state index contributed by atoms with van der Waals surface area (Å²) in [6.07, 6.45) is 6.06. The van der Waals surface area contributed by atoms with Gasteiger partial charge in [0.2, 0.25) is 0 Å². The smallest absolute Gasteiger partial charge is 0.0424 e. The van der Waals surface area contributed by atoms with Crippen LogP contribution in [0.2, 0.25) is 0 Å². The van der Waals surface area contributed by atoms with Gasteiger partial charge in [-0.15, -0.1) is 23.5 Å². The van der Waals surface area contributed by atoms with Crippen LogP contribution < -0.4 is 0 Å². The van der Waals surface area contributed by atoms with Gasteiger partial charge in [0.1, 0.15) is 0 Å². The molecular weight excluding hydrogens is 148 g/mol. The third-order valence-corrected chi connectivity index (χ3v) is 3.38. The molecule has 0 N–H and O–H groups in total. The lowest BCUT2D eigenvalue weighted by Crippen LogP contribution is -1.72. The largest absolute Gasteiger partial charge is 0.122 e. The summed E-state index contributed by atoms with van der Waals surface area (Å²) in [7, 11) is 0. The molecule has 52 valence electrons. The first-order chi connectivity index (χ1) is 4.26. The Bertz CT molecular complexity index is 119. The van der Waals surface area contributed by atoms with Crippen molar-refractivity contribution in [1.82, 2.24) is 0 Å². The molecule has 0 atom stereocenters. The van der Waals surface area contributed by atoms with Crippen molar-refractivity contribution in [2.75, 3.05) is 12.5 Å². The molecule has 0 aliphatic carbocycles. The molecule has 0 rings (SSSR count). The lowest BCUT2D eigenvalue weighted by molar-refractivity contribution is 1.56. The van der Waals surface area contributed by atoms with Crippen LogP contribution >= 0.6 is 23.5 Å². The Balaban J connectivity index is 4.17. The standard InChI is InChI=1S/C7H12S2/c1-5-6(2)7(8-3)9-4/h5H,1H2,2-4H3. The summed E-state index contributed by atoms with van der Waals surface area (Å²) in [6, 6.07) is 0. The van der Waals surface area contributed by atoms with Crippen LogP contribution in [-0.4, -0.2) is 12.5 Å². The molecule has 0 aromatic heterocycles. The van der Waals surface area contributed by atoms with E-state index in [1.165, 1.54) is 9.81 Å². The van der Waals surface area contributed by atoms with Crippen LogP contribution in [-0.2, 0) is 0 Å². The third-order valence-electron chi connectivity index (χ3n) is 0.999. The van der Waals surface area contributed by atoms with Gasteiger partial charge in [0.25, 0.3) is 0 Å². The summed E-state index contributed by atoms with van der Waals surface area (Å²) in [5.74, 6) is 0. The second kappa shape index (κ2) is 5.00. The van der Waals surface area contributed by atoms with E-state index >= 15 is 0 Å². The van der Waals surface area contributed by atoms with Crippen molar-refractivity contribution in [2.24, 2.45) is 0 Å². The van der Waals surface area contributed by atoms with E-state index in [9.17, 15) is 0 Å². The topological polar surface area (TPSA) is 0 Å². The molecule has 0 aromatic rings. The van der Waals surface area contributed by atoms with Crippen LogP contribution in [0.5, 0.6) is 0 Å². The average Bonchev–Trinajstić information content (AvgIpc) is 1.90. The summed E-state index contributed by atoms with van der Waals surface area (Å²) in [6.45, 7) is 5.77. The van der Waals surface area contributed by atoms with Gasteiger partial charge in [-0.3, -0.25) is 0 Å². The van der Waals surface area contributed by atoms with Gasteiger partial charge in [0.15, 0.2) is 0 Å². The van der Waals surface area contributed by atoms with Crippen LogP contribution in [0.1, 0.15) is 6.92 Å². The van der Waals surface area contributed by atoms with Gasteiger partial charge in [-0.25, -0.2) is 0 Å². The zero-order valence-electron chi connectivity index (χ0n) is 6.10.